The van der Waals surface area contributed by atoms with E-state index >= 15 is 0 Å². The molecule has 3 heterocycles. The van der Waals surface area contributed by atoms with E-state index in [9.17, 15) is 9.59 Å². The number of aromatic nitrogens is 3. The maximum absolute atomic E-state index is 12.8. The lowest BCUT2D eigenvalue weighted by Gasteiger charge is -2.15. The summed E-state index contributed by atoms with van der Waals surface area (Å²) in [4.78, 5) is 25.9. The van der Waals surface area contributed by atoms with Gasteiger partial charge in [0.15, 0.2) is 16.4 Å². The molecule has 0 aliphatic carbocycles. The molecule has 3 N–H and O–H groups in total. The minimum atomic E-state index is -0.551. The number of furan rings is 1. The van der Waals surface area contributed by atoms with Crippen molar-refractivity contribution < 1.29 is 14.0 Å². The summed E-state index contributed by atoms with van der Waals surface area (Å²) in [6.45, 7) is 2.07. The van der Waals surface area contributed by atoms with Gasteiger partial charge in [0.1, 0.15) is 6.04 Å². The first-order chi connectivity index (χ1) is 15.0. The maximum Gasteiger partial charge on any atom is 0.291 e. The van der Waals surface area contributed by atoms with Gasteiger partial charge in [0.2, 0.25) is 5.91 Å². The van der Waals surface area contributed by atoms with Crippen LogP contribution in [-0.4, -0.2) is 26.6 Å². The van der Waals surface area contributed by atoms with Gasteiger partial charge < -0.3 is 15.1 Å². The van der Waals surface area contributed by atoms with Crippen molar-refractivity contribution in [2.24, 2.45) is 0 Å². The number of benzene rings is 1. The summed E-state index contributed by atoms with van der Waals surface area (Å²) < 4.78 is 7.19. The van der Waals surface area contributed by atoms with Gasteiger partial charge in [-0.15, -0.1) is 11.3 Å². The molecule has 0 bridgehead atoms. The van der Waals surface area contributed by atoms with Gasteiger partial charge in [-0.2, -0.15) is 5.10 Å². The smallest absolute Gasteiger partial charge is 0.291 e. The van der Waals surface area contributed by atoms with Crippen LogP contribution in [0.4, 0.5) is 5.69 Å². The van der Waals surface area contributed by atoms with Crippen LogP contribution in [0.2, 0.25) is 0 Å². The summed E-state index contributed by atoms with van der Waals surface area (Å²) in [5.41, 5.74) is 1.45. The Kier molecular flexibility index (Phi) is 6.10. The molecule has 1 unspecified atom stereocenters. The van der Waals surface area contributed by atoms with E-state index in [4.69, 9.17) is 16.6 Å². The van der Waals surface area contributed by atoms with Crippen molar-refractivity contribution in [1.82, 2.24) is 20.1 Å². The molecule has 4 rings (SSSR count). The van der Waals surface area contributed by atoms with Crippen LogP contribution in [0.3, 0.4) is 0 Å². The Morgan fingerprint density at radius 1 is 1.26 bits per heavy atom. The molecule has 8 nitrogen and oxygen atoms in total. The van der Waals surface area contributed by atoms with Gasteiger partial charge in [0.05, 0.1) is 11.1 Å². The standard InChI is InChI=1S/C21H19N5O3S2/c1-13(26-18(24-25-21(26)30)17-8-4-10-31-17)19(27)22-12-14-5-2-6-15(11-14)23-20(28)16-7-3-9-29-16/h2-11,13H,12H2,1H3,(H,22,27)(H,23,28)(H,25,30). The van der Waals surface area contributed by atoms with E-state index in [-0.39, 0.29) is 17.6 Å². The van der Waals surface area contributed by atoms with E-state index in [0.717, 1.165) is 10.4 Å². The highest BCUT2D eigenvalue weighted by molar-refractivity contribution is 7.71. The fourth-order valence-electron chi connectivity index (χ4n) is 3.06. The molecule has 31 heavy (non-hydrogen) atoms. The molecule has 0 saturated heterocycles. The fraction of sp³-hybridized carbons (Fsp3) is 0.143. The van der Waals surface area contributed by atoms with E-state index in [2.05, 4.69) is 20.8 Å². The minimum absolute atomic E-state index is 0.194. The molecule has 1 atom stereocenters. The van der Waals surface area contributed by atoms with E-state index < -0.39 is 6.04 Å². The van der Waals surface area contributed by atoms with Crippen LogP contribution in [0.25, 0.3) is 10.7 Å². The first-order valence-corrected chi connectivity index (χ1v) is 10.7. The molecule has 158 valence electrons. The summed E-state index contributed by atoms with van der Waals surface area (Å²) in [5, 5.41) is 14.7. The minimum Gasteiger partial charge on any atom is -0.459 e. The number of H-pyrrole nitrogens is 1. The first-order valence-electron chi connectivity index (χ1n) is 9.45. The molecule has 0 aliphatic rings. The lowest BCUT2D eigenvalue weighted by molar-refractivity contribution is -0.124. The van der Waals surface area contributed by atoms with Crippen molar-refractivity contribution in [2.75, 3.05) is 5.32 Å². The largest absolute Gasteiger partial charge is 0.459 e. The Morgan fingerprint density at radius 2 is 2.13 bits per heavy atom. The van der Waals surface area contributed by atoms with Crippen LogP contribution in [0.5, 0.6) is 0 Å². The number of hydrogen-bond donors (Lipinski definition) is 3. The first kappa shape index (κ1) is 20.8. The quantitative estimate of drug-likeness (QED) is 0.360. The number of rotatable bonds is 7. The van der Waals surface area contributed by atoms with Crippen LogP contribution in [-0.2, 0) is 11.3 Å². The number of amides is 2. The highest BCUT2D eigenvalue weighted by Crippen LogP contribution is 2.25. The number of thiophene rings is 1. The lowest BCUT2D eigenvalue weighted by Crippen LogP contribution is -2.31. The third kappa shape index (κ3) is 4.65. The molecule has 3 aromatic heterocycles. The van der Waals surface area contributed by atoms with Gasteiger partial charge >= 0.3 is 0 Å². The van der Waals surface area contributed by atoms with Crippen LogP contribution in [0.1, 0.15) is 29.1 Å². The maximum atomic E-state index is 12.8. The monoisotopic (exact) mass is 453 g/mol. The van der Waals surface area contributed by atoms with Crippen LogP contribution in [0.15, 0.2) is 64.6 Å². The molecule has 4 aromatic rings. The zero-order valence-corrected chi connectivity index (χ0v) is 18.1. The summed E-state index contributed by atoms with van der Waals surface area (Å²) in [6, 6.07) is 13.8. The van der Waals surface area contributed by atoms with Crippen molar-refractivity contribution in [1.29, 1.82) is 0 Å². The number of nitrogens with one attached hydrogen (secondary N) is 3. The van der Waals surface area contributed by atoms with Crippen molar-refractivity contribution in [3.8, 4) is 10.7 Å². The molecule has 0 radical (unpaired) electrons. The Balaban J connectivity index is 1.42. The van der Waals surface area contributed by atoms with Crippen molar-refractivity contribution >= 4 is 41.1 Å². The predicted molar refractivity (Wildman–Crippen MR) is 120 cm³/mol. The Hall–Kier alpha value is -3.50. The average Bonchev–Trinajstić information content (AvgIpc) is 3.53. The Bertz CT molecular complexity index is 1240. The number of carbonyl (C=O) groups is 2. The summed E-state index contributed by atoms with van der Waals surface area (Å²) in [7, 11) is 0. The zero-order chi connectivity index (χ0) is 21.8. The second kappa shape index (κ2) is 9.11. The van der Waals surface area contributed by atoms with E-state index in [1.807, 2.05) is 29.6 Å². The second-order valence-electron chi connectivity index (χ2n) is 6.73. The number of carbonyl (C=O) groups excluding carboxylic acids is 2. The van der Waals surface area contributed by atoms with Gasteiger partial charge in [-0.05, 0) is 60.4 Å². The van der Waals surface area contributed by atoms with Crippen molar-refractivity contribution in [3.05, 3.63) is 76.3 Å². The van der Waals surface area contributed by atoms with Crippen LogP contribution >= 0.6 is 23.6 Å². The Morgan fingerprint density at radius 3 is 2.87 bits per heavy atom. The van der Waals surface area contributed by atoms with Gasteiger partial charge in [0, 0.05) is 12.2 Å². The fourth-order valence-corrected chi connectivity index (χ4v) is 4.06. The zero-order valence-electron chi connectivity index (χ0n) is 16.5. The highest BCUT2D eigenvalue weighted by atomic mass is 32.1. The summed E-state index contributed by atoms with van der Waals surface area (Å²) in [5.74, 6) is 0.326. The summed E-state index contributed by atoms with van der Waals surface area (Å²) in [6.07, 6.45) is 1.44. The predicted octanol–water partition coefficient (Wildman–Crippen LogP) is 4.39. The molecule has 0 aliphatic heterocycles. The number of aromatic amines is 1. The van der Waals surface area contributed by atoms with Crippen LogP contribution < -0.4 is 10.6 Å². The third-order valence-corrected chi connectivity index (χ3v) is 5.76. The van der Waals surface area contributed by atoms with E-state index in [1.54, 1.807) is 35.8 Å². The van der Waals surface area contributed by atoms with Crippen molar-refractivity contribution in [2.45, 2.75) is 19.5 Å². The number of hydrogen-bond acceptors (Lipinski definition) is 6. The molecule has 0 spiro atoms. The van der Waals surface area contributed by atoms with Crippen molar-refractivity contribution in [3.63, 3.8) is 0 Å². The normalized spacial score (nSPS) is 11.8. The molecule has 10 heteroatoms. The molecule has 1 aromatic carbocycles. The molecule has 0 fully saturated rings. The number of nitrogens with zero attached hydrogens (tertiary/aromatic N) is 2. The van der Waals surface area contributed by atoms with Gasteiger partial charge in [-0.1, -0.05) is 18.2 Å². The van der Waals surface area contributed by atoms with Gasteiger partial charge in [-0.25, -0.2) is 0 Å². The molecule has 2 amide bonds. The highest BCUT2D eigenvalue weighted by Gasteiger charge is 2.21. The van der Waals surface area contributed by atoms with Gasteiger partial charge in [0.25, 0.3) is 5.91 Å². The second-order valence-corrected chi connectivity index (χ2v) is 8.06. The third-order valence-electron chi connectivity index (χ3n) is 4.61. The topological polar surface area (TPSA) is 105 Å². The van der Waals surface area contributed by atoms with Gasteiger partial charge in [-0.3, -0.25) is 19.3 Å². The average molecular weight is 454 g/mol. The lowest BCUT2D eigenvalue weighted by atomic mass is 10.2. The van der Waals surface area contributed by atoms with Crippen LogP contribution in [0, 0.1) is 4.77 Å². The molecular formula is C21H19N5O3S2. The Labute approximate surface area is 186 Å². The SMILES string of the molecule is CC(C(=O)NCc1cccc(NC(=O)c2ccco2)c1)n1c(-c2cccs2)n[nH]c1=S. The van der Waals surface area contributed by atoms with E-state index in [1.165, 1.54) is 17.6 Å². The summed E-state index contributed by atoms with van der Waals surface area (Å²) >= 11 is 6.86. The number of anilines is 1. The molecule has 0 saturated carbocycles. The van der Waals surface area contributed by atoms with E-state index in [0.29, 0.717) is 22.8 Å². The molecular weight excluding hydrogens is 434 g/mol.